The van der Waals surface area contributed by atoms with Crippen LogP contribution < -0.4 is 10.6 Å². The summed E-state index contributed by atoms with van der Waals surface area (Å²) in [6, 6.07) is 1.96. The fourth-order valence-electron chi connectivity index (χ4n) is 2.49. The van der Waals surface area contributed by atoms with E-state index in [0.29, 0.717) is 4.75 Å². The van der Waals surface area contributed by atoms with Crippen molar-refractivity contribution in [3.63, 3.8) is 0 Å². The molecule has 0 spiro atoms. The van der Waals surface area contributed by atoms with Crippen LogP contribution in [0.4, 0.5) is 11.6 Å². The summed E-state index contributed by atoms with van der Waals surface area (Å²) < 4.78 is 0.392. The molecule has 1 aliphatic carbocycles. The second kappa shape index (κ2) is 6.27. The first-order valence-electron chi connectivity index (χ1n) is 6.57. The highest BCUT2D eigenvalue weighted by Gasteiger charge is 2.30. The van der Waals surface area contributed by atoms with Crippen molar-refractivity contribution in [2.24, 2.45) is 0 Å². The molecule has 0 aromatic carbocycles. The maximum Gasteiger partial charge on any atom is 0.131 e. The predicted octanol–water partition coefficient (Wildman–Crippen LogP) is 3.00. The maximum atomic E-state index is 4.27. The van der Waals surface area contributed by atoms with E-state index in [1.807, 2.05) is 24.9 Å². The van der Waals surface area contributed by atoms with Crippen LogP contribution in [0.25, 0.3) is 0 Å². The molecule has 0 radical (unpaired) electrons. The van der Waals surface area contributed by atoms with Gasteiger partial charge in [0, 0.05) is 24.4 Å². The number of thioether (sulfide) groups is 1. The number of aromatic nitrogens is 2. The van der Waals surface area contributed by atoms with Crippen molar-refractivity contribution in [2.75, 3.05) is 30.5 Å². The number of nitrogens with one attached hydrogen (secondary N) is 2. The fourth-order valence-corrected chi connectivity index (χ4v) is 3.40. The van der Waals surface area contributed by atoms with E-state index < -0.39 is 0 Å². The number of hydrogen-bond acceptors (Lipinski definition) is 5. The van der Waals surface area contributed by atoms with E-state index in [9.17, 15) is 0 Å². The SMILES string of the molecule is CNc1cc(NCC2(SC)CCCCC2)ncn1. The molecule has 5 heteroatoms. The Morgan fingerprint density at radius 3 is 2.61 bits per heavy atom. The van der Waals surface area contributed by atoms with E-state index >= 15 is 0 Å². The molecule has 2 rings (SSSR count). The van der Waals surface area contributed by atoms with Crippen LogP contribution in [0.15, 0.2) is 12.4 Å². The van der Waals surface area contributed by atoms with E-state index in [-0.39, 0.29) is 0 Å². The van der Waals surface area contributed by atoms with Crippen LogP contribution in [0.2, 0.25) is 0 Å². The summed E-state index contributed by atoms with van der Waals surface area (Å²) in [5.74, 6) is 1.77. The Morgan fingerprint density at radius 2 is 1.94 bits per heavy atom. The third-order valence-electron chi connectivity index (χ3n) is 3.71. The third-order valence-corrected chi connectivity index (χ3v) is 5.13. The van der Waals surface area contributed by atoms with Gasteiger partial charge in [0.1, 0.15) is 18.0 Å². The van der Waals surface area contributed by atoms with Crippen molar-refractivity contribution in [2.45, 2.75) is 36.9 Å². The topological polar surface area (TPSA) is 49.8 Å². The van der Waals surface area contributed by atoms with Crippen molar-refractivity contribution in [3.8, 4) is 0 Å². The summed E-state index contributed by atoms with van der Waals surface area (Å²) in [5, 5.41) is 6.50. The predicted molar refractivity (Wildman–Crippen MR) is 79.4 cm³/mol. The number of hydrogen-bond donors (Lipinski definition) is 2. The Hall–Kier alpha value is -0.970. The van der Waals surface area contributed by atoms with Gasteiger partial charge < -0.3 is 10.6 Å². The molecule has 0 bridgehead atoms. The Morgan fingerprint density at radius 1 is 1.22 bits per heavy atom. The van der Waals surface area contributed by atoms with E-state index in [0.717, 1.165) is 18.2 Å². The summed E-state index contributed by atoms with van der Waals surface area (Å²) in [6.45, 7) is 0.994. The van der Waals surface area contributed by atoms with Crippen LogP contribution in [0.3, 0.4) is 0 Å². The smallest absolute Gasteiger partial charge is 0.131 e. The van der Waals surface area contributed by atoms with E-state index in [2.05, 4.69) is 26.9 Å². The second-order valence-corrected chi connectivity index (χ2v) is 6.11. The van der Waals surface area contributed by atoms with Gasteiger partial charge in [-0.1, -0.05) is 19.3 Å². The molecule has 0 atom stereocenters. The Balaban J connectivity index is 1.96. The van der Waals surface area contributed by atoms with Crippen molar-refractivity contribution in [1.82, 2.24) is 9.97 Å². The summed E-state index contributed by atoms with van der Waals surface area (Å²) in [7, 11) is 1.87. The van der Waals surface area contributed by atoms with Crippen LogP contribution in [0.5, 0.6) is 0 Å². The monoisotopic (exact) mass is 266 g/mol. The molecule has 4 nitrogen and oxygen atoms in total. The highest BCUT2D eigenvalue weighted by molar-refractivity contribution is 8.00. The molecule has 1 aliphatic rings. The molecule has 0 saturated heterocycles. The molecular formula is C13H22N4S. The van der Waals surface area contributed by atoms with Gasteiger partial charge in [-0.25, -0.2) is 9.97 Å². The summed E-state index contributed by atoms with van der Waals surface area (Å²) in [5.41, 5.74) is 0. The van der Waals surface area contributed by atoms with Gasteiger partial charge in [-0.2, -0.15) is 11.8 Å². The molecule has 1 aromatic rings. The van der Waals surface area contributed by atoms with Gasteiger partial charge in [-0.3, -0.25) is 0 Å². The number of nitrogens with zero attached hydrogens (tertiary/aromatic N) is 2. The highest BCUT2D eigenvalue weighted by atomic mass is 32.2. The number of anilines is 2. The van der Waals surface area contributed by atoms with Gasteiger partial charge in [0.2, 0.25) is 0 Å². The van der Waals surface area contributed by atoms with Crippen LogP contribution in [-0.4, -0.2) is 34.6 Å². The number of rotatable bonds is 5. The molecule has 2 N–H and O–H groups in total. The highest BCUT2D eigenvalue weighted by Crippen LogP contribution is 2.38. The first-order valence-corrected chi connectivity index (χ1v) is 7.79. The zero-order chi connectivity index (χ0) is 12.8. The lowest BCUT2D eigenvalue weighted by Crippen LogP contribution is -2.35. The molecule has 1 heterocycles. The first-order chi connectivity index (χ1) is 8.78. The van der Waals surface area contributed by atoms with Gasteiger partial charge in [-0.05, 0) is 19.1 Å². The van der Waals surface area contributed by atoms with Crippen molar-refractivity contribution in [1.29, 1.82) is 0 Å². The molecule has 0 unspecified atom stereocenters. The lowest BCUT2D eigenvalue weighted by atomic mass is 9.88. The largest absolute Gasteiger partial charge is 0.373 e. The molecule has 1 saturated carbocycles. The second-order valence-electron chi connectivity index (χ2n) is 4.84. The van der Waals surface area contributed by atoms with Crippen LogP contribution in [0.1, 0.15) is 32.1 Å². The summed E-state index contributed by atoms with van der Waals surface area (Å²) >= 11 is 2.00. The Bertz CT molecular complexity index is 377. The molecule has 100 valence electrons. The molecule has 0 aliphatic heterocycles. The van der Waals surface area contributed by atoms with Gasteiger partial charge in [0.15, 0.2) is 0 Å². The van der Waals surface area contributed by atoms with E-state index in [4.69, 9.17) is 0 Å². The lowest BCUT2D eigenvalue weighted by Gasteiger charge is -2.36. The van der Waals surface area contributed by atoms with E-state index in [1.54, 1.807) is 6.33 Å². The molecular weight excluding hydrogens is 244 g/mol. The lowest BCUT2D eigenvalue weighted by molar-refractivity contribution is 0.411. The first kappa shape index (κ1) is 13.5. The zero-order valence-electron chi connectivity index (χ0n) is 11.2. The third kappa shape index (κ3) is 3.28. The summed E-state index contributed by atoms with van der Waals surface area (Å²) in [4.78, 5) is 8.39. The molecule has 18 heavy (non-hydrogen) atoms. The zero-order valence-corrected chi connectivity index (χ0v) is 12.0. The average molecular weight is 266 g/mol. The standard InChI is InChI=1S/C13H22N4S/c1-14-11-8-12(17-10-16-11)15-9-13(18-2)6-4-3-5-7-13/h8,10H,3-7,9H2,1-2H3,(H2,14,15,16,17). The minimum absolute atomic E-state index is 0.392. The van der Waals surface area contributed by atoms with Gasteiger partial charge in [0.05, 0.1) is 0 Å². The van der Waals surface area contributed by atoms with Gasteiger partial charge >= 0.3 is 0 Å². The van der Waals surface area contributed by atoms with Crippen molar-refractivity contribution in [3.05, 3.63) is 12.4 Å². The Kier molecular flexibility index (Phi) is 4.69. The molecule has 1 aromatic heterocycles. The Labute approximate surface area is 113 Å². The molecule has 1 fully saturated rings. The molecule has 0 amide bonds. The van der Waals surface area contributed by atoms with Crippen LogP contribution in [-0.2, 0) is 0 Å². The van der Waals surface area contributed by atoms with Crippen molar-refractivity contribution < 1.29 is 0 Å². The maximum absolute atomic E-state index is 4.27. The van der Waals surface area contributed by atoms with Crippen LogP contribution >= 0.6 is 11.8 Å². The van der Waals surface area contributed by atoms with Crippen molar-refractivity contribution >= 4 is 23.4 Å². The fraction of sp³-hybridized carbons (Fsp3) is 0.692. The van der Waals surface area contributed by atoms with Gasteiger partial charge in [-0.15, -0.1) is 0 Å². The normalized spacial score (nSPS) is 18.3. The van der Waals surface area contributed by atoms with E-state index in [1.165, 1.54) is 32.1 Å². The quantitative estimate of drug-likeness (QED) is 0.858. The summed E-state index contributed by atoms with van der Waals surface area (Å²) in [6.07, 6.45) is 10.5. The average Bonchev–Trinajstić information content (AvgIpc) is 2.46. The minimum atomic E-state index is 0.392. The van der Waals surface area contributed by atoms with Crippen LogP contribution in [0, 0.1) is 0 Å². The minimum Gasteiger partial charge on any atom is -0.373 e. The van der Waals surface area contributed by atoms with Gasteiger partial charge in [0.25, 0.3) is 0 Å².